The summed E-state index contributed by atoms with van der Waals surface area (Å²) in [5.74, 6) is -0.343. The van der Waals surface area contributed by atoms with E-state index in [4.69, 9.17) is 10.5 Å². The number of hydrogen-bond acceptors (Lipinski definition) is 7. The maximum atomic E-state index is 13.6. The van der Waals surface area contributed by atoms with Gasteiger partial charge < -0.3 is 20.9 Å². The molecule has 7 nitrogen and oxygen atoms in total. The van der Waals surface area contributed by atoms with E-state index < -0.39 is 29.1 Å². The van der Waals surface area contributed by atoms with Gasteiger partial charge in [0.1, 0.15) is 11.9 Å². The van der Waals surface area contributed by atoms with Crippen LogP contribution >= 0.6 is 11.8 Å². The van der Waals surface area contributed by atoms with Gasteiger partial charge in [-0.05, 0) is 72.6 Å². The summed E-state index contributed by atoms with van der Waals surface area (Å²) in [5.41, 5.74) is 6.55. The lowest BCUT2D eigenvalue weighted by Gasteiger charge is -2.61. The highest BCUT2D eigenvalue weighted by atomic mass is 32.2. The summed E-state index contributed by atoms with van der Waals surface area (Å²) in [7, 11) is 0. The predicted molar refractivity (Wildman–Crippen MR) is 182 cm³/mol. The van der Waals surface area contributed by atoms with Crippen LogP contribution in [0, 0.1) is 34.0 Å². The molecule has 1 amide bonds. The van der Waals surface area contributed by atoms with E-state index in [0.717, 1.165) is 35.3 Å². The summed E-state index contributed by atoms with van der Waals surface area (Å²) >= 11 is 1.38. The summed E-state index contributed by atoms with van der Waals surface area (Å²) in [6.07, 6.45) is 4.60. The van der Waals surface area contributed by atoms with Crippen LogP contribution in [0.15, 0.2) is 72.1 Å². The molecule has 4 N–H and O–H groups in total. The fourth-order valence-corrected chi connectivity index (χ4v) is 9.62. The van der Waals surface area contributed by atoms with Gasteiger partial charge in [0, 0.05) is 34.6 Å². The van der Waals surface area contributed by atoms with Crippen molar-refractivity contribution in [2.24, 2.45) is 39.7 Å². The third-order valence-electron chi connectivity index (χ3n) is 11.9. The number of amides is 1. The van der Waals surface area contributed by atoms with Crippen LogP contribution in [0.1, 0.15) is 70.9 Å². The molecule has 46 heavy (non-hydrogen) atoms. The van der Waals surface area contributed by atoms with E-state index in [9.17, 15) is 19.5 Å². The van der Waals surface area contributed by atoms with Crippen molar-refractivity contribution < 1.29 is 24.2 Å². The SMILES string of the molecule is C=C[C@]1(C)C[C@@H](OC(=O)CSc2cccc(CNC(=O)[C@H](N)Cc3ccccc3)c2)[C@]2(C)C(C)CCC3(CCC(=O)C32)[C@@H](C)[C@@H]1O. The Morgan fingerprint density at radius 3 is 2.57 bits per heavy atom. The lowest BCUT2D eigenvalue weighted by Crippen LogP contribution is -2.63. The van der Waals surface area contributed by atoms with E-state index in [1.807, 2.05) is 67.6 Å². The first-order valence-electron chi connectivity index (χ1n) is 16.7. The number of carbonyl (C=O) groups is 3. The van der Waals surface area contributed by atoms with E-state index in [1.165, 1.54) is 11.8 Å². The first-order valence-corrected chi connectivity index (χ1v) is 17.7. The minimum Gasteiger partial charge on any atom is -0.461 e. The average molecular weight is 647 g/mol. The molecule has 3 aliphatic carbocycles. The second kappa shape index (κ2) is 13.7. The largest absolute Gasteiger partial charge is 0.461 e. The lowest BCUT2D eigenvalue weighted by atomic mass is 9.44. The quantitative estimate of drug-likeness (QED) is 0.168. The van der Waals surface area contributed by atoms with Crippen LogP contribution in [-0.4, -0.2) is 46.8 Å². The van der Waals surface area contributed by atoms with E-state index in [-0.39, 0.29) is 46.6 Å². The number of ether oxygens (including phenoxy) is 1. The zero-order valence-electron chi connectivity index (χ0n) is 27.7. The first-order chi connectivity index (χ1) is 21.8. The highest BCUT2D eigenvalue weighted by molar-refractivity contribution is 8.00. The number of rotatable bonds is 10. The number of hydrogen-bond donors (Lipinski definition) is 3. The third kappa shape index (κ3) is 6.45. The summed E-state index contributed by atoms with van der Waals surface area (Å²) in [4.78, 5) is 40.7. The molecular formula is C38H50N2O5S. The molecule has 3 saturated carbocycles. The molecule has 0 saturated heterocycles. The van der Waals surface area contributed by atoms with Crippen molar-refractivity contribution in [3.8, 4) is 0 Å². The average Bonchev–Trinajstić information content (AvgIpc) is 3.41. The standard InChI is InChI=1S/C38H50N2O5S/c1-6-36(4)21-31(37(5)24(2)15-17-38(25(3)34(36)43)18-16-30(41)33(37)38)45-32(42)23-46-28-14-10-13-27(19-28)22-40-35(44)29(39)20-26-11-8-7-9-12-26/h6-14,19,24-25,29,31,33-34,43H,1,15-18,20-23,39H2,2-5H3,(H,40,44)/t24?,25-,29+,31+,33?,34-,36+,37-,38?/m0/s1. The second-order valence-electron chi connectivity index (χ2n) is 14.5. The van der Waals surface area contributed by atoms with Crippen LogP contribution in [0.4, 0.5) is 0 Å². The Hall–Kier alpha value is -2.94. The molecule has 3 fully saturated rings. The number of nitrogens with one attached hydrogen (secondary N) is 1. The minimum atomic E-state index is -0.692. The number of aliphatic hydroxyl groups is 1. The van der Waals surface area contributed by atoms with Gasteiger partial charge in [0.15, 0.2) is 0 Å². The highest BCUT2D eigenvalue weighted by Crippen LogP contribution is 2.68. The van der Waals surface area contributed by atoms with Crippen LogP contribution in [-0.2, 0) is 32.1 Å². The molecule has 5 rings (SSSR count). The van der Waals surface area contributed by atoms with Gasteiger partial charge in [-0.25, -0.2) is 0 Å². The van der Waals surface area contributed by atoms with Gasteiger partial charge in [-0.1, -0.05) is 76.2 Å². The normalized spacial score (nSPS) is 34.5. The molecular weight excluding hydrogens is 596 g/mol. The Morgan fingerprint density at radius 2 is 1.85 bits per heavy atom. The molecule has 2 aromatic carbocycles. The van der Waals surface area contributed by atoms with Crippen LogP contribution in [0.3, 0.4) is 0 Å². The number of ketones is 1. The molecule has 0 aliphatic heterocycles. The molecule has 0 spiro atoms. The fourth-order valence-electron chi connectivity index (χ4n) is 8.86. The van der Waals surface area contributed by atoms with Gasteiger partial charge >= 0.3 is 5.97 Å². The number of carbonyl (C=O) groups excluding carboxylic acids is 3. The molecule has 3 aliphatic rings. The van der Waals surface area contributed by atoms with E-state index in [0.29, 0.717) is 25.8 Å². The molecule has 8 heteroatoms. The van der Waals surface area contributed by atoms with Crippen molar-refractivity contribution in [1.29, 1.82) is 0 Å². The molecule has 0 aromatic heterocycles. The molecule has 2 aromatic rings. The van der Waals surface area contributed by atoms with Gasteiger partial charge in [-0.3, -0.25) is 14.4 Å². The molecule has 3 unspecified atom stereocenters. The van der Waals surface area contributed by atoms with Crippen molar-refractivity contribution in [2.75, 3.05) is 5.75 Å². The number of Topliss-reactive ketones (excluding diaryl/α,β-unsaturated/α-hetero) is 1. The number of nitrogens with two attached hydrogens (primary N) is 1. The molecule has 9 atom stereocenters. The Kier molecular flexibility index (Phi) is 10.2. The van der Waals surface area contributed by atoms with Crippen LogP contribution in [0.5, 0.6) is 0 Å². The zero-order chi connectivity index (χ0) is 33.3. The van der Waals surface area contributed by atoms with Crippen LogP contribution in [0.25, 0.3) is 0 Å². The number of aliphatic hydroxyl groups excluding tert-OH is 1. The summed E-state index contributed by atoms with van der Waals surface area (Å²) in [5, 5.41) is 14.7. The van der Waals surface area contributed by atoms with Crippen molar-refractivity contribution in [2.45, 2.75) is 95.9 Å². The molecule has 248 valence electrons. The second-order valence-corrected chi connectivity index (χ2v) is 15.6. The van der Waals surface area contributed by atoms with E-state index >= 15 is 0 Å². The Labute approximate surface area is 278 Å². The van der Waals surface area contributed by atoms with Crippen molar-refractivity contribution in [3.63, 3.8) is 0 Å². The monoisotopic (exact) mass is 646 g/mol. The van der Waals surface area contributed by atoms with Crippen molar-refractivity contribution in [1.82, 2.24) is 5.32 Å². The molecule has 2 bridgehead atoms. The Balaban J connectivity index is 1.26. The summed E-state index contributed by atoms with van der Waals surface area (Å²) in [6.45, 7) is 12.9. The summed E-state index contributed by atoms with van der Waals surface area (Å²) in [6, 6.07) is 16.8. The molecule has 0 heterocycles. The summed E-state index contributed by atoms with van der Waals surface area (Å²) < 4.78 is 6.38. The van der Waals surface area contributed by atoms with Gasteiger partial charge in [-0.15, -0.1) is 18.3 Å². The van der Waals surface area contributed by atoms with E-state index in [1.54, 1.807) is 0 Å². The van der Waals surface area contributed by atoms with Crippen LogP contribution in [0.2, 0.25) is 0 Å². The fraction of sp³-hybridized carbons (Fsp3) is 0.553. The molecule has 0 radical (unpaired) electrons. The maximum absolute atomic E-state index is 13.6. The van der Waals surface area contributed by atoms with Gasteiger partial charge in [0.05, 0.1) is 17.9 Å². The Morgan fingerprint density at radius 1 is 1.13 bits per heavy atom. The van der Waals surface area contributed by atoms with Gasteiger partial charge in [0.25, 0.3) is 0 Å². The topological polar surface area (TPSA) is 119 Å². The number of benzene rings is 2. The smallest absolute Gasteiger partial charge is 0.316 e. The van der Waals surface area contributed by atoms with Crippen molar-refractivity contribution in [3.05, 3.63) is 78.4 Å². The van der Waals surface area contributed by atoms with Crippen LogP contribution < -0.4 is 11.1 Å². The first kappa shape index (κ1) is 34.4. The highest BCUT2D eigenvalue weighted by Gasteiger charge is 2.68. The van der Waals surface area contributed by atoms with Crippen molar-refractivity contribution >= 4 is 29.4 Å². The number of thioether (sulfide) groups is 1. The number of esters is 1. The van der Waals surface area contributed by atoms with E-state index in [2.05, 4.69) is 32.7 Å². The Bertz CT molecular complexity index is 1450. The third-order valence-corrected chi connectivity index (χ3v) is 12.9. The minimum absolute atomic E-state index is 0.0670. The lowest BCUT2D eigenvalue weighted by molar-refractivity contribution is -0.205. The predicted octanol–water partition coefficient (Wildman–Crippen LogP) is 5.87. The zero-order valence-corrected chi connectivity index (χ0v) is 28.5. The maximum Gasteiger partial charge on any atom is 0.316 e. The van der Waals surface area contributed by atoms with Gasteiger partial charge in [0.2, 0.25) is 5.91 Å². The van der Waals surface area contributed by atoms with Gasteiger partial charge in [-0.2, -0.15) is 0 Å².